The van der Waals surface area contributed by atoms with Crippen LogP contribution >= 0.6 is 11.8 Å². The summed E-state index contributed by atoms with van der Waals surface area (Å²) in [5, 5.41) is 23.0. The first kappa shape index (κ1) is 25.0. The monoisotopic (exact) mass is 510 g/mol. The number of methoxy groups -OCH3 is 1. The number of fused-ring (bicyclic) bond motifs is 1. The topological polar surface area (TPSA) is 133 Å². The zero-order valence-corrected chi connectivity index (χ0v) is 21.1. The Morgan fingerprint density at radius 1 is 1.25 bits per heavy atom. The van der Waals surface area contributed by atoms with Gasteiger partial charge in [0.1, 0.15) is 11.8 Å². The minimum absolute atomic E-state index is 0.121. The predicted molar refractivity (Wildman–Crippen MR) is 137 cm³/mol. The lowest BCUT2D eigenvalue weighted by Crippen LogP contribution is -2.31. The highest BCUT2D eigenvalue weighted by Gasteiger charge is 2.36. The van der Waals surface area contributed by atoms with Gasteiger partial charge in [-0.05, 0) is 43.4 Å². The van der Waals surface area contributed by atoms with Gasteiger partial charge >= 0.3 is 5.69 Å². The number of thioether (sulfide) groups is 1. The molecule has 0 spiro atoms. The third kappa shape index (κ3) is 4.85. The molecule has 1 atom stereocenters. The van der Waals surface area contributed by atoms with Crippen molar-refractivity contribution in [1.29, 1.82) is 0 Å². The number of ether oxygens (including phenoxy) is 2. The highest BCUT2D eigenvalue weighted by Crippen LogP contribution is 2.40. The summed E-state index contributed by atoms with van der Waals surface area (Å²) in [6, 6.07) is 11.0. The lowest BCUT2D eigenvalue weighted by molar-refractivity contribution is -0.385. The molecule has 2 heterocycles. The minimum Gasteiger partial charge on any atom is -0.492 e. The third-order valence-corrected chi connectivity index (χ3v) is 6.22. The summed E-state index contributed by atoms with van der Waals surface area (Å²) < 4.78 is 12.4. The summed E-state index contributed by atoms with van der Waals surface area (Å²) in [5.41, 5.74) is 1.68. The molecule has 1 amide bonds. The van der Waals surface area contributed by atoms with Crippen molar-refractivity contribution in [2.24, 2.45) is 0 Å². The van der Waals surface area contributed by atoms with Crippen LogP contribution in [-0.2, 0) is 4.79 Å². The highest BCUT2D eigenvalue weighted by atomic mass is 32.2. The molecule has 36 heavy (non-hydrogen) atoms. The lowest BCUT2D eigenvalue weighted by atomic mass is 9.94. The molecule has 1 aliphatic rings. The van der Waals surface area contributed by atoms with E-state index < -0.39 is 16.9 Å². The van der Waals surface area contributed by atoms with Crippen molar-refractivity contribution in [1.82, 2.24) is 14.8 Å². The number of nitrogens with zero attached hydrogens (tertiary/aromatic N) is 4. The van der Waals surface area contributed by atoms with Crippen LogP contribution in [0.1, 0.15) is 32.4 Å². The molecule has 0 radical (unpaired) electrons. The average molecular weight is 511 g/mol. The van der Waals surface area contributed by atoms with Gasteiger partial charge in [0.25, 0.3) is 5.91 Å². The van der Waals surface area contributed by atoms with Gasteiger partial charge in [-0.2, -0.15) is 4.98 Å². The van der Waals surface area contributed by atoms with Gasteiger partial charge < -0.3 is 20.1 Å². The van der Waals surface area contributed by atoms with E-state index in [1.807, 2.05) is 19.9 Å². The molecule has 188 valence electrons. The number of hydrogen-bond acceptors (Lipinski definition) is 9. The zero-order valence-electron chi connectivity index (χ0n) is 20.3. The number of nitro benzene ring substituents is 1. The first-order chi connectivity index (χ1) is 17.4. The first-order valence-electron chi connectivity index (χ1n) is 11.3. The van der Waals surface area contributed by atoms with E-state index in [1.165, 1.54) is 31.0 Å². The molecule has 1 aliphatic heterocycles. The Morgan fingerprint density at radius 2 is 2.03 bits per heavy atom. The number of para-hydroxylation sites is 2. The number of amides is 1. The van der Waals surface area contributed by atoms with Gasteiger partial charge in [0, 0.05) is 11.8 Å². The summed E-state index contributed by atoms with van der Waals surface area (Å²) in [5.74, 6) is 1.46. The van der Waals surface area contributed by atoms with E-state index in [1.54, 1.807) is 35.9 Å². The van der Waals surface area contributed by atoms with Crippen molar-refractivity contribution in [3.05, 3.63) is 69.4 Å². The number of benzene rings is 2. The fourth-order valence-corrected chi connectivity index (χ4v) is 4.54. The molecule has 11 nitrogen and oxygen atoms in total. The second-order valence-electron chi connectivity index (χ2n) is 7.73. The van der Waals surface area contributed by atoms with Crippen molar-refractivity contribution in [2.45, 2.75) is 32.0 Å². The standard InChI is InChI=1S/C24H26N6O5S/c1-5-35-18-10-8-7-9-16(18)26-22(31)20-14(3)25-23-27-24(36-6-2)28-29(23)21(20)15-11-12-19(34-4)17(13-15)30(32)33/h7-13,21H,5-6H2,1-4H3,(H,26,31)(H,25,27,28). The quantitative estimate of drug-likeness (QED) is 0.240. The maximum atomic E-state index is 13.7. The van der Waals surface area contributed by atoms with Gasteiger partial charge in [0.15, 0.2) is 5.75 Å². The molecule has 4 rings (SSSR count). The molecule has 0 saturated carbocycles. The van der Waals surface area contributed by atoms with Crippen LogP contribution in [0.2, 0.25) is 0 Å². The van der Waals surface area contributed by atoms with E-state index in [0.717, 1.165) is 5.75 Å². The molecular formula is C24H26N6O5S. The number of rotatable bonds is 9. The van der Waals surface area contributed by atoms with Crippen molar-refractivity contribution >= 4 is 35.0 Å². The van der Waals surface area contributed by atoms with Crippen LogP contribution in [0.25, 0.3) is 0 Å². The van der Waals surface area contributed by atoms with Crippen LogP contribution in [0, 0.1) is 10.1 Å². The van der Waals surface area contributed by atoms with Crippen LogP contribution in [0.4, 0.5) is 17.3 Å². The van der Waals surface area contributed by atoms with E-state index in [2.05, 4.69) is 20.7 Å². The van der Waals surface area contributed by atoms with Crippen molar-refractivity contribution < 1.29 is 19.2 Å². The Morgan fingerprint density at radius 3 is 2.72 bits per heavy atom. The summed E-state index contributed by atoms with van der Waals surface area (Å²) >= 11 is 1.45. The average Bonchev–Trinajstić information content (AvgIpc) is 3.26. The molecule has 0 aliphatic carbocycles. The van der Waals surface area contributed by atoms with Crippen LogP contribution in [0.5, 0.6) is 11.5 Å². The molecule has 3 aromatic rings. The number of carbonyl (C=O) groups is 1. The Bertz CT molecular complexity index is 1340. The van der Waals surface area contributed by atoms with E-state index >= 15 is 0 Å². The van der Waals surface area contributed by atoms with Gasteiger partial charge in [0.05, 0.1) is 29.9 Å². The highest BCUT2D eigenvalue weighted by molar-refractivity contribution is 7.99. The molecule has 1 aromatic heterocycles. The van der Waals surface area contributed by atoms with Gasteiger partial charge in [-0.1, -0.05) is 36.9 Å². The number of nitro groups is 1. The van der Waals surface area contributed by atoms with Gasteiger partial charge in [-0.25, -0.2) is 4.68 Å². The van der Waals surface area contributed by atoms with E-state index in [-0.39, 0.29) is 11.4 Å². The van der Waals surface area contributed by atoms with Crippen LogP contribution in [0.3, 0.4) is 0 Å². The van der Waals surface area contributed by atoms with Gasteiger partial charge in [-0.15, -0.1) is 5.10 Å². The minimum atomic E-state index is -0.774. The number of anilines is 2. The maximum Gasteiger partial charge on any atom is 0.311 e. The second-order valence-corrected chi connectivity index (χ2v) is 8.96. The lowest BCUT2D eigenvalue weighted by Gasteiger charge is -2.28. The number of carbonyl (C=O) groups excluding carboxylic acids is 1. The van der Waals surface area contributed by atoms with Gasteiger partial charge in [-0.3, -0.25) is 14.9 Å². The summed E-state index contributed by atoms with van der Waals surface area (Å²) in [4.78, 5) is 29.5. The number of nitrogens with one attached hydrogen (secondary N) is 2. The first-order valence-corrected chi connectivity index (χ1v) is 12.3. The third-order valence-electron chi connectivity index (χ3n) is 5.50. The largest absolute Gasteiger partial charge is 0.492 e. The SMILES string of the molecule is CCOc1ccccc1NC(=O)C1=C(C)Nc2nc(SCC)nn2C1c1ccc(OC)c([N+](=O)[O-])c1. The fourth-order valence-electron chi connectivity index (χ4n) is 3.98. The summed E-state index contributed by atoms with van der Waals surface area (Å²) in [7, 11) is 1.37. The molecular weight excluding hydrogens is 484 g/mol. The molecule has 0 fully saturated rings. The number of hydrogen-bond donors (Lipinski definition) is 2. The van der Waals surface area contributed by atoms with Crippen molar-refractivity contribution in [3.63, 3.8) is 0 Å². The molecule has 0 bridgehead atoms. The van der Waals surface area contributed by atoms with Crippen LogP contribution < -0.4 is 20.1 Å². The normalized spacial score (nSPS) is 14.6. The molecule has 1 unspecified atom stereocenters. The second kappa shape index (κ2) is 10.7. The Labute approximate surface area is 212 Å². The van der Waals surface area contributed by atoms with E-state index in [0.29, 0.717) is 46.0 Å². The number of allylic oxidation sites excluding steroid dienone is 1. The zero-order chi connectivity index (χ0) is 25.8. The molecule has 12 heteroatoms. The van der Waals surface area contributed by atoms with Gasteiger partial charge in [0.2, 0.25) is 11.1 Å². The molecule has 2 aromatic carbocycles. The Kier molecular flexibility index (Phi) is 7.44. The van der Waals surface area contributed by atoms with Crippen molar-refractivity contribution in [3.8, 4) is 11.5 Å². The summed E-state index contributed by atoms with van der Waals surface area (Å²) in [6.45, 7) is 6.05. The van der Waals surface area contributed by atoms with E-state index in [4.69, 9.17) is 9.47 Å². The summed E-state index contributed by atoms with van der Waals surface area (Å²) in [6.07, 6.45) is 0. The smallest absolute Gasteiger partial charge is 0.311 e. The van der Waals surface area contributed by atoms with E-state index in [9.17, 15) is 14.9 Å². The van der Waals surface area contributed by atoms with Crippen LogP contribution in [0.15, 0.2) is 58.9 Å². The fraction of sp³-hybridized carbons (Fsp3) is 0.292. The Balaban J connectivity index is 1.83. The maximum absolute atomic E-state index is 13.7. The van der Waals surface area contributed by atoms with Crippen LogP contribution in [-0.4, -0.2) is 45.1 Å². The molecule has 0 saturated heterocycles. The number of aromatic nitrogens is 3. The predicted octanol–water partition coefficient (Wildman–Crippen LogP) is 4.63. The Hall–Kier alpha value is -4.06. The van der Waals surface area contributed by atoms with Crippen molar-refractivity contribution in [2.75, 3.05) is 30.1 Å². The molecule has 2 N–H and O–H groups in total.